The van der Waals surface area contributed by atoms with Crippen LogP contribution in [0.3, 0.4) is 0 Å². The van der Waals surface area contributed by atoms with Crippen LogP contribution in [0.5, 0.6) is 17.2 Å². The summed E-state index contributed by atoms with van der Waals surface area (Å²) >= 11 is 0. The first-order valence-corrected chi connectivity index (χ1v) is 9.60. The summed E-state index contributed by atoms with van der Waals surface area (Å²) in [7, 11) is 0.719. The Balaban J connectivity index is 1.75. The number of hydrogen-bond acceptors (Lipinski definition) is 7. The van der Waals surface area contributed by atoms with Gasteiger partial charge in [-0.15, -0.1) is 0 Å². The molecule has 0 atom stereocenters. The fraction of sp³-hybridized carbons (Fsp3) is 0.222. The average Bonchev–Trinajstić information content (AvgIpc) is 3.15. The highest BCUT2D eigenvalue weighted by molar-refractivity contribution is 7.89. The Kier molecular flexibility index (Phi) is 5.52. The predicted octanol–water partition coefficient (Wildman–Crippen LogP) is 1.44. The number of hydrogen-bond donors (Lipinski definition) is 1. The van der Waals surface area contributed by atoms with Crippen LogP contribution in [0, 0.1) is 0 Å². The van der Waals surface area contributed by atoms with Gasteiger partial charge in [0.05, 0.1) is 18.2 Å². The molecule has 0 saturated carbocycles. The minimum absolute atomic E-state index is 0.0228. The van der Waals surface area contributed by atoms with Crippen molar-refractivity contribution in [3.8, 4) is 17.2 Å². The van der Waals surface area contributed by atoms with E-state index in [0.717, 1.165) is 4.31 Å². The summed E-state index contributed by atoms with van der Waals surface area (Å²) in [5.74, 6) is 0.987. The van der Waals surface area contributed by atoms with E-state index in [1.54, 1.807) is 12.1 Å². The van der Waals surface area contributed by atoms with Crippen LogP contribution in [0.4, 0.5) is 0 Å². The molecule has 1 N–H and O–H groups in total. The van der Waals surface area contributed by atoms with Crippen molar-refractivity contribution in [1.82, 2.24) is 9.73 Å². The van der Waals surface area contributed by atoms with E-state index in [1.807, 2.05) is 0 Å². The van der Waals surface area contributed by atoms with Crippen LogP contribution >= 0.6 is 0 Å². The first-order chi connectivity index (χ1) is 13.3. The molecule has 1 heterocycles. The van der Waals surface area contributed by atoms with Gasteiger partial charge in [0.25, 0.3) is 5.91 Å². The van der Waals surface area contributed by atoms with Crippen LogP contribution in [0.25, 0.3) is 0 Å². The van der Waals surface area contributed by atoms with E-state index in [0.29, 0.717) is 22.8 Å². The zero-order valence-corrected chi connectivity index (χ0v) is 16.3. The summed E-state index contributed by atoms with van der Waals surface area (Å²) < 4.78 is 41.4. The van der Waals surface area contributed by atoms with Crippen molar-refractivity contribution in [2.45, 2.75) is 4.90 Å². The molecule has 0 aromatic heterocycles. The first kappa shape index (κ1) is 19.6. The molecule has 1 aliphatic heterocycles. The monoisotopic (exact) mass is 405 g/mol. The molecule has 10 heteroatoms. The summed E-state index contributed by atoms with van der Waals surface area (Å²) in [5.41, 5.74) is 3.17. The van der Waals surface area contributed by atoms with Crippen LogP contribution in [-0.2, 0) is 10.0 Å². The highest BCUT2D eigenvalue weighted by Gasteiger charge is 2.20. The van der Waals surface area contributed by atoms with Crippen LogP contribution < -0.4 is 19.6 Å². The van der Waals surface area contributed by atoms with Gasteiger partial charge in [0.1, 0.15) is 0 Å². The number of carbonyl (C=O) groups is 1. The van der Waals surface area contributed by atoms with Gasteiger partial charge in [0.2, 0.25) is 22.6 Å². The second kappa shape index (κ2) is 7.87. The number of rotatable bonds is 6. The third-order valence-electron chi connectivity index (χ3n) is 3.94. The van der Waals surface area contributed by atoms with Gasteiger partial charge in [-0.3, -0.25) is 4.79 Å². The van der Waals surface area contributed by atoms with Crippen molar-refractivity contribution >= 4 is 22.1 Å². The SMILES string of the molecule is COc1cc(/C=N\NC(=O)c2cccc(S(=O)(=O)N(C)C)c2)cc2c1OCO2. The molecular weight excluding hydrogens is 386 g/mol. The smallest absolute Gasteiger partial charge is 0.271 e. The molecule has 2 aromatic carbocycles. The second-order valence-electron chi connectivity index (χ2n) is 5.97. The summed E-state index contributed by atoms with van der Waals surface area (Å²) in [4.78, 5) is 12.3. The van der Waals surface area contributed by atoms with Crippen LogP contribution in [0.1, 0.15) is 15.9 Å². The molecule has 0 saturated heterocycles. The largest absolute Gasteiger partial charge is 0.493 e. The molecule has 0 fully saturated rings. The quantitative estimate of drug-likeness (QED) is 0.576. The van der Waals surface area contributed by atoms with Gasteiger partial charge in [0.15, 0.2) is 11.5 Å². The van der Waals surface area contributed by atoms with Crippen molar-refractivity contribution in [2.24, 2.45) is 5.10 Å². The van der Waals surface area contributed by atoms with Gasteiger partial charge in [-0.25, -0.2) is 18.1 Å². The number of sulfonamides is 1. The lowest BCUT2D eigenvalue weighted by atomic mass is 10.2. The Hall–Kier alpha value is -3.11. The van der Waals surface area contributed by atoms with Crippen LogP contribution in [0.2, 0.25) is 0 Å². The van der Waals surface area contributed by atoms with Crippen LogP contribution in [-0.4, -0.2) is 52.8 Å². The third kappa shape index (κ3) is 3.92. The number of nitrogens with zero attached hydrogens (tertiary/aromatic N) is 2. The zero-order valence-electron chi connectivity index (χ0n) is 15.5. The molecule has 0 radical (unpaired) electrons. The molecule has 9 nitrogen and oxygen atoms in total. The Morgan fingerprint density at radius 3 is 2.75 bits per heavy atom. The van der Waals surface area contributed by atoms with Gasteiger partial charge in [-0.05, 0) is 30.3 Å². The number of ether oxygens (including phenoxy) is 3. The molecule has 3 rings (SSSR count). The Morgan fingerprint density at radius 1 is 1.25 bits per heavy atom. The fourth-order valence-corrected chi connectivity index (χ4v) is 3.41. The van der Waals surface area contributed by atoms with Gasteiger partial charge in [-0.1, -0.05) is 6.07 Å². The normalized spacial score (nSPS) is 13.1. The lowest BCUT2D eigenvalue weighted by Crippen LogP contribution is -2.23. The molecule has 0 bridgehead atoms. The van der Waals surface area contributed by atoms with Gasteiger partial charge in [0, 0.05) is 25.2 Å². The van der Waals surface area contributed by atoms with Crippen molar-refractivity contribution < 1.29 is 27.4 Å². The predicted molar refractivity (Wildman–Crippen MR) is 101 cm³/mol. The minimum Gasteiger partial charge on any atom is -0.493 e. The van der Waals surface area contributed by atoms with Gasteiger partial charge >= 0.3 is 0 Å². The molecule has 1 aliphatic rings. The third-order valence-corrected chi connectivity index (χ3v) is 5.75. The van der Waals surface area contributed by atoms with E-state index in [1.165, 1.54) is 51.7 Å². The van der Waals surface area contributed by atoms with E-state index >= 15 is 0 Å². The minimum atomic E-state index is -3.63. The number of fused-ring (bicyclic) bond motifs is 1. The van der Waals surface area contributed by atoms with Crippen molar-refractivity contribution in [3.05, 3.63) is 47.5 Å². The van der Waals surface area contributed by atoms with Gasteiger partial charge in [-0.2, -0.15) is 5.10 Å². The maximum absolute atomic E-state index is 12.3. The van der Waals surface area contributed by atoms with Gasteiger partial charge < -0.3 is 14.2 Å². The Morgan fingerprint density at radius 2 is 2.04 bits per heavy atom. The van der Waals surface area contributed by atoms with E-state index in [-0.39, 0.29) is 17.3 Å². The number of nitrogens with one attached hydrogen (secondary N) is 1. The maximum atomic E-state index is 12.3. The van der Waals surface area contributed by atoms with E-state index in [9.17, 15) is 13.2 Å². The summed E-state index contributed by atoms with van der Waals surface area (Å²) in [6.07, 6.45) is 1.42. The van der Waals surface area contributed by atoms with Crippen molar-refractivity contribution in [3.63, 3.8) is 0 Å². The standard InChI is InChI=1S/C18H19N3O6S/c1-21(2)28(23,24)14-6-4-5-13(9-14)18(22)20-19-10-12-7-15(25-3)17-16(8-12)26-11-27-17/h4-10H,11H2,1-3H3,(H,20,22)/b19-10-. The number of hydrazone groups is 1. The Bertz CT molecular complexity index is 1030. The molecule has 0 aliphatic carbocycles. The highest BCUT2D eigenvalue weighted by atomic mass is 32.2. The number of benzene rings is 2. The topological polar surface area (TPSA) is 107 Å². The molecule has 1 amide bonds. The lowest BCUT2D eigenvalue weighted by Gasteiger charge is -2.11. The molecule has 0 unspecified atom stereocenters. The van der Waals surface area contributed by atoms with E-state index in [4.69, 9.17) is 14.2 Å². The zero-order chi connectivity index (χ0) is 20.3. The fourth-order valence-electron chi connectivity index (χ4n) is 2.46. The van der Waals surface area contributed by atoms with Crippen molar-refractivity contribution in [2.75, 3.05) is 28.0 Å². The summed E-state index contributed by atoms with van der Waals surface area (Å²) in [5, 5.41) is 3.91. The van der Waals surface area contributed by atoms with Crippen molar-refractivity contribution in [1.29, 1.82) is 0 Å². The molecule has 0 spiro atoms. The number of amides is 1. The molecule has 148 valence electrons. The summed E-state index contributed by atoms with van der Waals surface area (Å²) in [6, 6.07) is 9.11. The second-order valence-corrected chi connectivity index (χ2v) is 8.12. The average molecular weight is 405 g/mol. The molecular formula is C18H19N3O6S. The molecule has 2 aromatic rings. The maximum Gasteiger partial charge on any atom is 0.271 e. The van der Waals surface area contributed by atoms with Crippen LogP contribution in [0.15, 0.2) is 46.4 Å². The van der Waals surface area contributed by atoms with E-state index in [2.05, 4.69) is 10.5 Å². The number of carbonyl (C=O) groups excluding carboxylic acids is 1. The number of methoxy groups -OCH3 is 1. The Labute approximate surface area is 162 Å². The summed E-state index contributed by atoms with van der Waals surface area (Å²) in [6.45, 7) is 0.106. The highest BCUT2D eigenvalue weighted by Crippen LogP contribution is 2.41. The van der Waals surface area contributed by atoms with E-state index < -0.39 is 15.9 Å². The lowest BCUT2D eigenvalue weighted by molar-refractivity contribution is 0.0955. The first-order valence-electron chi connectivity index (χ1n) is 8.16. The molecule has 28 heavy (non-hydrogen) atoms.